The van der Waals surface area contributed by atoms with Crippen LogP contribution in [-0.2, 0) is 0 Å². The van der Waals surface area contributed by atoms with Gasteiger partial charge >= 0.3 is 0 Å². The zero-order chi connectivity index (χ0) is 15.7. The van der Waals surface area contributed by atoms with E-state index in [0.717, 1.165) is 12.1 Å². The summed E-state index contributed by atoms with van der Waals surface area (Å²) in [6, 6.07) is 5.71. The number of hydrogen-bond acceptors (Lipinski definition) is 3. The zero-order valence-electron chi connectivity index (χ0n) is 11.2. The Morgan fingerprint density at radius 1 is 1.09 bits per heavy atom. The van der Waals surface area contributed by atoms with E-state index in [-0.39, 0.29) is 16.3 Å². The maximum Gasteiger partial charge on any atom is 0.258 e. The highest BCUT2D eigenvalue weighted by atomic mass is 35.5. The highest BCUT2D eigenvalue weighted by Gasteiger charge is 2.18. The van der Waals surface area contributed by atoms with Gasteiger partial charge in [-0.25, -0.2) is 8.78 Å². The minimum Gasteiger partial charge on any atom is -0.486 e. The van der Waals surface area contributed by atoms with Crippen molar-refractivity contribution in [3.8, 4) is 11.5 Å². The van der Waals surface area contributed by atoms with Gasteiger partial charge in [0, 0.05) is 18.2 Å². The number of amides is 1. The number of hydrogen-bond donors (Lipinski definition) is 1. The molecular formula is C15H10ClF2NO3. The highest BCUT2D eigenvalue weighted by Crippen LogP contribution is 2.38. The molecule has 114 valence electrons. The lowest BCUT2D eigenvalue weighted by Gasteiger charge is -2.20. The topological polar surface area (TPSA) is 47.6 Å². The average molecular weight is 326 g/mol. The van der Waals surface area contributed by atoms with Crippen LogP contribution in [0.5, 0.6) is 11.5 Å². The van der Waals surface area contributed by atoms with E-state index < -0.39 is 17.5 Å². The molecular weight excluding hydrogens is 316 g/mol. The maximum atomic E-state index is 13.6. The van der Waals surface area contributed by atoms with Crippen LogP contribution in [0, 0.1) is 11.6 Å². The number of ether oxygens (including phenoxy) is 2. The van der Waals surface area contributed by atoms with Crippen LogP contribution in [0.3, 0.4) is 0 Å². The Morgan fingerprint density at radius 2 is 1.77 bits per heavy atom. The van der Waals surface area contributed by atoms with E-state index in [2.05, 4.69) is 5.32 Å². The Hall–Kier alpha value is -2.34. The summed E-state index contributed by atoms with van der Waals surface area (Å²) in [5, 5.41) is 2.69. The first-order chi connectivity index (χ1) is 10.5. The number of carbonyl (C=O) groups is 1. The molecule has 4 nitrogen and oxygen atoms in total. The van der Waals surface area contributed by atoms with E-state index in [4.69, 9.17) is 21.1 Å². The zero-order valence-corrected chi connectivity index (χ0v) is 11.9. The largest absolute Gasteiger partial charge is 0.486 e. The van der Waals surface area contributed by atoms with E-state index in [0.29, 0.717) is 30.8 Å². The van der Waals surface area contributed by atoms with E-state index in [1.54, 1.807) is 0 Å². The summed E-state index contributed by atoms with van der Waals surface area (Å²) in [5.74, 6) is -1.54. The van der Waals surface area contributed by atoms with Crippen molar-refractivity contribution in [2.24, 2.45) is 0 Å². The molecule has 7 heteroatoms. The second-order valence-electron chi connectivity index (χ2n) is 4.55. The van der Waals surface area contributed by atoms with Crippen LogP contribution in [0.4, 0.5) is 14.5 Å². The van der Waals surface area contributed by atoms with Crippen molar-refractivity contribution in [3.05, 3.63) is 52.6 Å². The van der Waals surface area contributed by atoms with Gasteiger partial charge in [0.2, 0.25) is 0 Å². The summed E-state index contributed by atoms with van der Waals surface area (Å²) in [4.78, 5) is 12.1. The van der Waals surface area contributed by atoms with Gasteiger partial charge < -0.3 is 14.8 Å². The SMILES string of the molecule is O=C(Nc1cc2c(cc1Cl)OCCO2)c1ccc(F)cc1F. The number of carbonyl (C=O) groups excluding carboxylic acids is 1. The van der Waals surface area contributed by atoms with E-state index in [9.17, 15) is 13.6 Å². The third kappa shape index (κ3) is 2.82. The molecule has 0 unspecified atom stereocenters. The molecule has 0 spiro atoms. The van der Waals surface area contributed by atoms with Gasteiger partial charge in [0.15, 0.2) is 11.5 Å². The summed E-state index contributed by atoms with van der Waals surface area (Å²) >= 11 is 6.05. The quantitative estimate of drug-likeness (QED) is 0.917. The van der Waals surface area contributed by atoms with Gasteiger partial charge in [0.05, 0.1) is 16.3 Å². The van der Waals surface area contributed by atoms with Crippen molar-refractivity contribution >= 4 is 23.2 Å². The standard InChI is InChI=1S/C15H10ClF2NO3/c16-10-6-13-14(22-4-3-21-13)7-12(10)19-15(20)9-2-1-8(17)5-11(9)18/h1-2,5-7H,3-4H2,(H,19,20). The molecule has 1 N–H and O–H groups in total. The fourth-order valence-electron chi connectivity index (χ4n) is 2.02. The minimum absolute atomic E-state index is 0.222. The van der Waals surface area contributed by atoms with Crippen LogP contribution >= 0.6 is 11.6 Å². The molecule has 0 radical (unpaired) electrons. The smallest absolute Gasteiger partial charge is 0.258 e. The number of fused-ring (bicyclic) bond motifs is 1. The van der Waals surface area contributed by atoms with Gasteiger partial charge in [0.1, 0.15) is 24.8 Å². The third-order valence-corrected chi connectivity index (χ3v) is 3.37. The molecule has 1 aliphatic heterocycles. The summed E-state index contributed by atoms with van der Waals surface area (Å²) in [7, 11) is 0. The van der Waals surface area contributed by atoms with Gasteiger partial charge in [-0.1, -0.05) is 11.6 Å². The van der Waals surface area contributed by atoms with Crippen LogP contribution in [0.25, 0.3) is 0 Å². The van der Waals surface area contributed by atoms with Crippen molar-refractivity contribution in [1.29, 1.82) is 0 Å². The summed E-state index contributed by atoms with van der Waals surface area (Å²) in [5.41, 5.74) is -0.0352. The summed E-state index contributed by atoms with van der Waals surface area (Å²) < 4.78 is 37.2. The molecule has 0 saturated heterocycles. The van der Waals surface area contributed by atoms with E-state index in [1.807, 2.05) is 0 Å². The van der Waals surface area contributed by atoms with Crippen molar-refractivity contribution in [2.75, 3.05) is 18.5 Å². The molecule has 0 fully saturated rings. The number of benzene rings is 2. The number of rotatable bonds is 2. The van der Waals surface area contributed by atoms with Crippen molar-refractivity contribution < 1.29 is 23.0 Å². The van der Waals surface area contributed by atoms with Crippen molar-refractivity contribution in [2.45, 2.75) is 0 Å². The molecule has 0 saturated carbocycles. The minimum atomic E-state index is -0.953. The number of halogens is 3. The molecule has 3 rings (SSSR count). The van der Waals surface area contributed by atoms with Gasteiger partial charge in [-0.05, 0) is 12.1 Å². The van der Waals surface area contributed by atoms with Gasteiger partial charge in [-0.2, -0.15) is 0 Å². The molecule has 1 heterocycles. The fraction of sp³-hybridized carbons (Fsp3) is 0.133. The van der Waals surface area contributed by atoms with Crippen LogP contribution < -0.4 is 14.8 Å². The molecule has 22 heavy (non-hydrogen) atoms. The lowest BCUT2D eigenvalue weighted by molar-refractivity contribution is 0.102. The molecule has 0 aromatic heterocycles. The Kier molecular flexibility index (Phi) is 3.85. The molecule has 0 bridgehead atoms. The van der Waals surface area contributed by atoms with E-state index in [1.165, 1.54) is 12.1 Å². The van der Waals surface area contributed by atoms with Crippen molar-refractivity contribution in [3.63, 3.8) is 0 Å². The normalized spacial score (nSPS) is 12.9. The van der Waals surface area contributed by atoms with Crippen LogP contribution in [0.1, 0.15) is 10.4 Å². The lowest BCUT2D eigenvalue weighted by atomic mass is 10.2. The second kappa shape index (κ2) is 5.81. The molecule has 1 amide bonds. The highest BCUT2D eigenvalue weighted by molar-refractivity contribution is 6.34. The lowest BCUT2D eigenvalue weighted by Crippen LogP contribution is -2.17. The third-order valence-electron chi connectivity index (χ3n) is 3.06. The molecule has 0 aliphatic carbocycles. The molecule has 1 aliphatic rings. The Labute approximate surface area is 129 Å². The van der Waals surface area contributed by atoms with Crippen LogP contribution in [0.15, 0.2) is 30.3 Å². The van der Waals surface area contributed by atoms with Gasteiger partial charge in [-0.15, -0.1) is 0 Å². The molecule has 2 aromatic rings. The Bertz CT molecular complexity index is 752. The van der Waals surface area contributed by atoms with Crippen molar-refractivity contribution in [1.82, 2.24) is 0 Å². The Morgan fingerprint density at radius 3 is 2.45 bits per heavy atom. The summed E-state index contributed by atoms with van der Waals surface area (Å²) in [6.07, 6.45) is 0. The number of anilines is 1. The fourth-order valence-corrected chi connectivity index (χ4v) is 2.22. The van der Waals surface area contributed by atoms with Crippen LogP contribution in [0.2, 0.25) is 5.02 Å². The first-order valence-electron chi connectivity index (χ1n) is 6.40. The van der Waals surface area contributed by atoms with Gasteiger partial charge in [0.25, 0.3) is 5.91 Å². The second-order valence-corrected chi connectivity index (χ2v) is 4.96. The molecule has 0 atom stereocenters. The Balaban J connectivity index is 1.87. The monoisotopic (exact) mass is 325 g/mol. The van der Waals surface area contributed by atoms with Gasteiger partial charge in [-0.3, -0.25) is 4.79 Å². The predicted molar refractivity (Wildman–Crippen MR) is 76.8 cm³/mol. The average Bonchev–Trinajstić information content (AvgIpc) is 2.47. The van der Waals surface area contributed by atoms with Crippen LogP contribution in [-0.4, -0.2) is 19.1 Å². The van der Waals surface area contributed by atoms with E-state index >= 15 is 0 Å². The maximum absolute atomic E-state index is 13.6. The first kappa shape index (κ1) is 14.6. The first-order valence-corrected chi connectivity index (χ1v) is 6.78. The summed E-state index contributed by atoms with van der Waals surface area (Å²) in [6.45, 7) is 0.796. The molecule has 2 aromatic carbocycles. The predicted octanol–water partition coefficient (Wildman–Crippen LogP) is 3.64. The number of nitrogens with one attached hydrogen (secondary N) is 1.